The quantitative estimate of drug-likeness (QED) is 0.490. The van der Waals surface area contributed by atoms with Gasteiger partial charge >= 0.3 is 5.97 Å². The lowest BCUT2D eigenvalue weighted by atomic mass is 10.0. The van der Waals surface area contributed by atoms with Crippen molar-refractivity contribution >= 4 is 23.6 Å². The third-order valence-corrected chi connectivity index (χ3v) is 3.42. The second-order valence-corrected chi connectivity index (χ2v) is 4.07. The Balaban J connectivity index is 2.31. The largest absolute Gasteiger partial charge is 0.509 e. The third-order valence-electron chi connectivity index (χ3n) is 2.24. The lowest BCUT2D eigenvalue weighted by molar-refractivity contribution is -0.159. The highest BCUT2D eigenvalue weighted by Crippen LogP contribution is 2.38. The first-order valence-electron chi connectivity index (χ1n) is 3.89. The highest BCUT2D eigenvalue weighted by Gasteiger charge is 2.54. The molecule has 0 aromatic carbocycles. The van der Waals surface area contributed by atoms with Crippen LogP contribution in [0.3, 0.4) is 0 Å². The molecule has 0 saturated carbocycles. The number of carboxylic acids is 1. The minimum atomic E-state index is -1.27. The molecule has 0 radical (unpaired) electrons. The number of carboxylic acid groups (broad SMARTS) is 1. The fourth-order valence-electron chi connectivity index (χ4n) is 1.53. The van der Waals surface area contributed by atoms with Crippen LogP contribution in [0.2, 0.25) is 0 Å². The number of nitrogens with two attached hydrogens (primary N) is 1. The van der Waals surface area contributed by atoms with Crippen molar-refractivity contribution in [3.63, 3.8) is 0 Å². The van der Waals surface area contributed by atoms with Crippen molar-refractivity contribution in [1.82, 2.24) is 4.90 Å². The van der Waals surface area contributed by atoms with E-state index in [-0.39, 0.29) is 11.1 Å². The Morgan fingerprint density at radius 2 is 2.29 bits per heavy atom. The van der Waals surface area contributed by atoms with Crippen LogP contribution in [0.5, 0.6) is 0 Å². The maximum atomic E-state index is 11.2. The molecule has 2 rings (SSSR count). The Bertz CT molecular complexity index is 343. The summed E-state index contributed by atoms with van der Waals surface area (Å²) in [5, 5.41) is 19.0. The molecule has 0 aromatic heterocycles. The van der Waals surface area contributed by atoms with E-state index in [9.17, 15) is 14.7 Å². The topological polar surface area (TPSA) is 104 Å². The van der Waals surface area contributed by atoms with Crippen LogP contribution in [0.25, 0.3) is 0 Å². The van der Waals surface area contributed by atoms with Gasteiger partial charge in [-0.15, -0.1) is 11.8 Å². The average Bonchev–Trinajstić information content (AvgIpc) is 2.15. The van der Waals surface area contributed by atoms with Gasteiger partial charge in [-0.05, 0) is 0 Å². The lowest BCUT2D eigenvalue weighted by Gasteiger charge is -2.48. The number of hydrogen-bond donors (Lipinski definition) is 3. The second-order valence-electron chi connectivity index (χ2n) is 3.08. The molecule has 1 fully saturated rings. The first-order valence-corrected chi connectivity index (χ1v) is 4.83. The number of thioether (sulfide) groups is 1. The zero-order valence-electron chi connectivity index (χ0n) is 6.95. The third kappa shape index (κ3) is 1.02. The number of aliphatic hydroxyl groups excluding tert-OH is 1. The Morgan fingerprint density at radius 1 is 1.64 bits per heavy atom. The van der Waals surface area contributed by atoms with E-state index in [2.05, 4.69) is 0 Å². The molecular weight excluding hydrogens is 208 g/mol. The minimum Gasteiger partial charge on any atom is -0.509 e. The number of β-lactam (4-membered cyclic amide) rings is 1. The van der Waals surface area contributed by atoms with Gasteiger partial charge in [0.25, 0.3) is 0 Å². The molecule has 0 aliphatic carbocycles. The van der Waals surface area contributed by atoms with E-state index in [1.54, 1.807) is 0 Å². The molecule has 14 heavy (non-hydrogen) atoms. The number of aliphatic carboxylic acids is 1. The van der Waals surface area contributed by atoms with Gasteiger partial charge in [0.2, 0.25) is 5.91 Å². The Morgan fingerprint density at radius 3 is 2.86 bits per heavy atom. The van der Waals surface area contributed by atoms with Gasteiger partial charge in [0.1, 0.15) is 17.2 Å². The van der Waals surface area contributed by atoms with Gasteiger partial charge in [0.05, 0.1) is 0 Å². The average molecular weight is 216 g/mol. The molecule has 2 heterocycles. The van der Waals surface area contributed by atoms with Crippen LogP contribution in [0, 0.1) is 0 Å². The molecular formula is C7H8N2O4S. The fraction of sp³-hybridized carbons (Fsp3) is 0.429. The van der Waals surface area contributed by atoms with Gasteiger partial charge in [-0.25, -0.2) is 4.79 Å². The number of fused-ring (bicyclic) bond motifs is 1. The van der Waals surface area contributed by atoms with Gasteiger partial charge in [0.15, 0.2) is 6.04 Å². The van der Waals surface area contributed by atoms with Crippen LogP contribution < -0.4 is 5.73 Å². The molecule has 0 bridgehead atoms. The highest BCUT2D eigenvalue weighted by molar-refractivity contribution is 8.02. The number of amides is 1. The molecule has 2 aliphatic heterocycles. The van der Waals surface area contributed by atoms with E-state index < -0.39 is 24.0 Å². The molecule has 2 aliphatic rings. The molecule has 7 heteroatoms. The maximum Gasteiger partial charge on any atom is 0.334 e. The summed E-state index contributed by atoms with van der Waals surface area (Å²) in [6.45, 7) is 0. The highest BCUT2D eigenvalue weighted by atomic mass is 32.2. The zero-order chi connectivity index (χ0) is 10.5. The van der Waals surface area contributed by atoms with Crippen LogP contribution in [-0.4, -0.2) is 44.4 Å². The number of carbonyl (C=O) groups excluding carboxylic acids is 1. The molecule has 76 valence electrons. The SMILES string of the molecule is N[C@@H]1C(=O)N2C(C(=O)O)C(O)=CS[C@@H]12. The van der Waals surface area contributed by atoms with E-state index >= 15 is 0 Å². The predicted octanol–water partition coefficient (Wildman–Crippen LogP) is -0.919. The summed E-state index contributed by atoms with van der Waals surface area (Å²) in [4.78, 5) is 23.1. The van der Waals surface area contributed by atoms with Crippen molar-refractivity contribution in [2.24, 2.45) is 5.73 Å². The summed E-state index contributed by atoms with van der Waals surface area (Å²) in [6, 6.07) is -1.93. The van der Waals surface area contributed by atoms with Crippen molar-refractivity contribution in [1.29, 1.82) is 0 Å². The molecule has 1 amide bonds. The van der Waals surface area contributed by atoms with Crippen LogP contribution in [0.1, 0.15) is 0 Å². The van der Waals surface area contributed by atoms with Crippen LogP contribution in [0.4, 0.5) is 0 Å². The first-order chi connectivity index (χ1) is 6.54. The van der Waals surface area contributed by atoms with Gasteiger partial charge in [-0.2, -0.15) is 0 Å². The summed E-state index contributed by atoms with van der Waals surface area (Å²) < 4.78 is 0. The minimum absolute atomic E-state index is 0.320. The number of nitrogens with zero attached hydrogens (tertiary/aromatic N) is 1. The Hall–Kier alpha value is -1.21. The number of rotatable bonds is 1. The molecule has 1 unspecified atom stereocenters. The van der Waals surface area contributed by atoms with Crippen molar-refractivity contribution in [2.75, 3.05) is 0 Å². The van der Waals surface area contributed by atoms with Crippen LogP contribution in [-0.2, 0) is 9.59 Å². The smallest absolute Gasteiger partial charge is 0.334 e. The normalized spacial score (nSPS) is 35.8. The molecule has 4 N–H and O–H groups in total. The van der Waals surface area contributed by atoms with Crippen molar-refractivity contribution in [3.05, 3.63) is 11.2 Å². The molecule has 0 spiro atoms. The van der Waals surface area contributed by atoms with E-state index in [1.165, 1.54) is 5.41 Å². The summed E-state index contributed by atoms with van der Waals surface area (Å²) in [5.41, 5.74) is 5.47. The predicted molar refractivity (Wildman–Crippen MR) is 48.3 cm³/mol. The van der Waals surface area contributed by atoms with Crippen molar-refractivity contribution in [3.8, 4) is 0 Å². The summed E-state index contributed by atoms with van der Waals surface area (Å²) in [6.07, 6.45) is 0. The van der Waals surface area contributed by atoms with Crippen molar-refractivity contribution < 1.29 is 19.8 Å². The second kappa shape index (κ2) is 2.89. The van der Waals surface area contributed by atoms with E-state index in [0.717, 1.165) is 16.7 Å². The number of carbonyl (C=O) groups is 2. The van der Waals surface area contributed by atoms with Crippen LogP contribution in [0.15, 0.2) is 11.2 Å². The van der Waals surface area contributed by atoms with E-state index in [1.807, 2.05) is 0 Å². The fourth-order valence-corrected chi connectivity index (χ4v) is 2.58. The van der Waals surface area contributed by atoms with Gasteiger partial charge in [-0.1, -0.05) is 0 Å². The van der Waals surface area contributed by atoms with E-state index in [4.69, 9.17) is 10.8 Å². The zero-order valence-corrected chi connectivity index (χ0v) is 7.77. The van der Waals surface area contributed by atoms with Gasteiger partial charge in [0, 0.05) is 5.41 Å². The monoisotopic (exact) mass is 216 g/mol. The van der Waals surface area contributed by atoms with Crippen LogP contribution >= 0.6 is 11.8 Å². The Labute approximate surface area is 83.4 Å². The molecule has 0 aromatic rings. The summed E-state index contributed by atoms with van der Waals surface area (Å²) in [5.74, 6) is -2.00. The van der Waals surface area contributed by atoms with Gasteiger partial charge in [-0.3, -0.25) is 4.79 Å². The first kappa shape index (κ1) is 9.35. The van der Waals surface area contributed by atoms with Crippen molar-refractivity contribution in [2.45, 2.75) is 17.5 Å². The Kier molecular flexibility index (Phi) is 1.93. The standard InChI is InChI=1S/C7H8N2O4S/c8-3-5(11)9-4(7(12)13)2(10)1-14-6(3)9/h1,3-4,6,10H,8H2,(H,12,13)/t3-,4?,6+/m1/s1. The lowest BCUT2D eigenvalue weighted by Crippen LogP contribution is -2.72. The molecule has 6 nitrogen and oxygen atoms in total. The van der Waals surface area contributed by atoms with Gasteiger partial charge < -0.3 is 20.8 Å². The summed E-state index contributed by atoms with van der Waals surface area (Å²) in [7, 11) is 0. The number of aliphatic hydroxyl groups is 1. The molecule has 3 atom stereocenters. The van der Waals surface area contributed by atoms with E-state index in [0.29, 0.717) is 0 Å². The maximum absolute atomic E-state index is 11.2. The molecule has 1 saturated heterocycles. The summed E-state index contributed by atoms with van der Waals surface area (Å²) >= 11 is 1.16. The number of hydrogen-bond acceptors (Lipinski definition) is 5.